The summed E-state index contributed by atoms with van der Waals surface area (Å²) < 4.78 is 0. The SMILES string of the molecule is CCC(CC)NC1C[C@@H]2CCC[C@H]12. The normalized spacial score (nSPS) is 37.6. The predicted octanol–water partition coefficient (Wildman–Crippen LogP) is 2.95. The molecule has 2 saturated carbocycles. The Bertz CT molecular complexity index is 163. The molecule has 1 nitrogen and oxygen atoms in total. The molecule has 0 radical (unpaired) electrons. The Hall–Kier alpha value is -0.0400. The highest BCUT2D eigenvalue weighted by atomic mass is 15.0. The minimum Gasteiger partial charge on any atom is -0.311 e. The van der Waals surface area contributed by atoms with Gasteiger partial charge in [-0.2, -0.15) is 0 Å². The van der Waals surface area contributed by atoms with Crippen LogP contribution in [0.4, 0.5) is 0 Å². The van der Waals surface area contributed by atoms with Gasteiger partial charge >= 0.3 is 0 Å². The quantitative estimate of drug-likeness (QED) is 0.703. The fourth-order valence-corrected chi connectivity index (χ4v) is 3.21. The molecule has 2 aliphatic rings. The smallest absolute Gasteiger partial charge is 0.0103 e. The minimum atomic E-state index is 0.784. The zero-order valence-corrected chi connectivity index (χ0v) is 9.05. The Morgan fingerprint density at radius 1 is 1.23 bits per heavy atom. The van der Waals surface area contributed by atoms with Crippen molar-refractivity contribution >= 4 is 0 Å². The molecule has 0 aromatic rings. The molecule has 0 heterocycles. The third-order valence-corrected chi connectivity index (χ3v) is 4.23. The van der Waals surface area contributed by atoms with Crippen molar-refractivity contribution in [3.05, 3.63) is 0 Å². The molecule has 2 fully saturated rings. The first kappa shape index (κ1) is 9.51. The van der Waals surface area contributed by atoms with E-state index in [1.165, 1.54) is 38.5 Å². The maximum absolute atomic E-state index is 3.82. The van der Waals surface area contributed by atoms with Gasteiger partial charge in [0.1, 0.15) is 0 Å². The van der Waals surface area contributed by atoms with Gasteiger partial charge in [0.05, 0.1) is 0 Å². The fraction of sp³-hybridized carbons (Fsp3) is 1.00. The highest BCUT2D eigenvalue weighted by Crippen LogP contribution is 2.47. The molecule has 0 aromatic carbocycles. The first-order valence-electron chi connectivity index (χ1n) is 6.11. The average Bonchev–Trinajstić information content (AvgIpc) is 2.49. The van der Waals surface area contributed by atoms with E-state index in [4.69, 9.17) is 0 Å². The van der Waals surface area contributed by atoms with E-state index in [1.807, 2.05) is 0 Å². The molecule has 13 heavy (non-hydrogen) atoms. The predicted molar refractivity (Wildman–Crippen MR) is 56.7 cm³/mol. The summed E-state index contributed by atoms with van der Waals surface area (Å²) in [5.41, 5.74) is 0. The van der Waals surface area contributed by atoms with Crippen LogP contribution in [0, 0.1) is 11.8 Å². The molecule has 0 aliphatic heterocycles. The number of hydrogen-bond acceptors (Lipinski definition) is 1. The van der Waals surface area contributed by atoms with Crippen LogP contribution in [0.25, 0.3) is 0 Å². The molecule has 0 spiro atoms. The molecule has 3 atom stereocenters. The van der Waals surface area contributed by atoms with Crippen LogP contribution >= 0.6 is 0 Å². The lowest BCUT2D eigenvalue weighted by Crippen LogP contribution is -2.51. The topological polar surface area (TPSA) is 12.0 Å². The Kier molecular flexibility index (Phi) is 2.92. The summed E-state index contributed by atoms with van der Waals surface area (Å²) in [5.74, 6) is 2.16. The summed E-state index contributed by atoms with van der Waals surface area (Å²) in [6.07, 6.45) is 8.58. The van der Waals surface area contributed by atoms with Crippen LogP contribution in [0.3, 0.4) is 0 Å². The second-order valence-electron chi connectivity index (χ2n) is 4.88. The lowest BCUT2D eigenvalue weighted by molar-refractivity contribution is 0.124. The van der Waals surface area contributed by atoms with E-state index < -0.39 is 0 Å². The van der Waals surface area contributed by atoms with Crippen molar-refractivity contribution in [1.82, 2.24) is 5.32 Å². The number of fused-ring (bicyclic) bond motifs is 1. The van der Waals surface area contributed by atoms with Gasteiger partial charge in [0.25, 0.3) is 0 Å². The summed E-state index contributed by atoms with van der Waals surface area (Å²) in [6, 6.07) is 1.67. The summed E-state index contributed by atoms with van der Waals surface area (Å²) in [6.45, 7) is 4.60. The van der Waals surface area contributed by atoms with Crippen molar-refractivity contribution in [2.75, 3.05) is 0 Å². The van der Waals surface area contributed by atoms with Gasteiger partial charge < -0.3 is 5.32 Å². The standard InChI is InChI=1S/C12H23N/c1-3-10(4-2)13-12-8-9-6-5-7-11(9)12/h9-13H,3-8H2,1-2H3/t9-,11-,12?/m0/s1. The van der Waals surface area contributed by atoms with Gasteiger partial charge in [-0.15, -0.1) is 0 Å². The molecule has 1 heteroatoms. The highest BCUT2D eigenvalue weighted by molar-refractivity contribution is 4.98. The first-order valence-corrected chi connectivity index (χ1v) is 6.11. The third kappa shape index (κ3) is 1.76. The van der Waals surface area contributed by atoms with E-state index >= 15 is 0 Å². The second kappa shape index (κ2) is 4.00. The van der Waals surface area contributed by atoms with Gasteiger partial charge in [-0.25, -0.2) is 0 Å². The van der Waals surface area contributed by atoms with Gasteiger partial charge in [0, 0.05) is 12.1 Å². The van der Waals surface area contributed by atoms with Crippen molar-refractivity contribution in [3.63, 3.8) is 0 Å². The number of nitrogens with one attached hydrogen (secondary N) is 1. The molecule has 0 amide bonds. The molecule has 2 rings (SSSR count). The monoisotopic (exact) mass is 181 g/mol. The summed E-state index contributed by atoms with van der Waals surface area (Å²) in [4.78, 5) is 0. The Labute approximate surface area is 82.3 Å². The average molecular weight is 181 g/mol. The van der Waals surface area contributed by atoms with Crippen LogP contribution in [0.15, 0.2) is 0 Å². The van der Waals surface area contributed by atoms with Crippen LogP contribution in [-0.2, 0) is 0 Å². The van der Waals surface area contributed by atoms with Crippen molar-refractivity contribution in [2.24, 2.45) is 11.8 Å². The van der Waals surface area contributed by atoms with Gasteiger partial charge in [-0.1, -0.05) is 26.7 Å². The number of rotatable bonds is 4. The highest BCUT2D eigenvalue weighted by Gasteiger charge is 2.43. The largest absolute Gasteiger partial charge is 0.311 e. The molecular weight excluding hydrogens is 158 g/mol. The van der Waals surface area contributed by atoms with E-state index in [9.17, 15) is 0 Å². The third-order valence-electron chi connectivity index (χ3n) is 4.23. The van der Waals surface area contributed by atoms with E-state index in [2.05, 4.69) is 19.2 Å². The zero-order chi connectivity index (χ0) is 9.26. The molecule has 1 N–H and O–H groups in total. The Balaban J connectivity index is 1.77. The summed E-state index contributed by atoms with van der Waals surface area (Å²) in [5, 5.41) is 3.82. The maximum atomic E-state index is 3.82. The van der Waals surface area contributed by atoms with Gasteiger partial charge in [0.15, 0.2) is 0 Å². The fourth-order valence-electron chi connectivity index (χ4n) is 3.21. The molecule has 1 unspecified atom stereocenters. The Morgan fingerprint density at radius 3 is 2.62 bits per heavy atom. The number of hydrogen-bond donors (Lipinski definition) is 1. The second-order valence-corrected chi connectivity index (χ2v) is 4.88. The minimum absolute atomic E-state index is 0.784. The van der Waals surface area contributed by atoms with E-state index in [-0.39, 0.29) is 0 Å². The van der Waals surface area contributed by atoms with Gasteiger partial charge in [-0.05, 0) is 37.5 Å². The van der Waals surface area contributed by atoms with Crippen LogP contribution < -0.4 is 5.32 Å². The van der Waals surface area contributed by atoms with Gasteiger partial charge in [-0.3, -0.25) is 0 Å². The van der Waals surface area contributed by atoms with E-state index in [0.717, 1.165) is 23.9 Å². The van der Waals surface area contributed by atoms with Crippen molar-refractivity contribution in [2.45, 2.75) is 64.5 Å². The molecule has 0 bridgehead atoms. The molecule has 0 aromatic heterocycles. The summed E-state index contributed by atoms with van der Waals surface area (Å²) in [7, 11) is 0. The van der Waals surface area contributed by atoms with Crippen molar-refractivity contribution in [3.8, 4) is 0 Å². The van der Waals surface area contributed by atoms with Crippen molar-refractivity contribution < 1.29 is 0 Å². The van der Waals surface area contributed by atoms with Crippen LogP contribution in [-0.4, -0.2) is 12.1 Å². The van der Waals surface area contributed by atoms with Gasteiger partial charge in [0.2, 0.25) is 0 Å². The van der Waals surface area contributed by atoms with E-state index in [0.29, 0.717) is 0 Å². The lowest BCUT2D eigenvalue weighted by atomic mass is 9.71. The first-order chi connectivity index (χ1) is 6.35. The molecule has 76 valence electrons. The van der Waals surface area contributed by atoms with Crippen LogP contribution in [0.5, 0.6) is 0 Å². The van der Waals surface area contributed by atoms with Crippen molar-refractivity contribution in [1.29, 1.82) is 0 Å². The van der Waals surface area contributed by atoms with Crippen LogP contribution in [0.1, 0.15) is 52.4 Å². The zero-order valence-electron chi connectivity index (χ0n) is 9.05. The molecule has 0 saturated heterocycles. The molecule has 2 aliphatic carbocycles. The van der Waals surface area contributed by atoms with E-state index in [1.54, 1.807) is 0 Å². The maximum Gasteiger partial charge on any atom is 0.0103 e. The summed E-state index contributed by atoms with van der Waals surface area (Å²) >= 11 is 0. The molecular formula is C12H23N. The van der Waals surface area contributed by atoms with Crippen LogP contribution in [0.2, 0.25) is 0 Å². The lowest BCUT2D eigenvalue weighted by Gasteiger charge is -2.43. The Morgan fingerprint density at radius 2 is 2.00 bits per heavy atom.